The Kier molecular flexibility index (Phi) is 2.89. The van der Waals surface area contributed by atoms with E-state index in [1.54, 1.807) is 0 Å². The van der Waals surface area contributed by atoms with Crippen molar-refractivity contribution in [1.82, 2.24) is 4.90 Å². The highest BCUT2D eigenvalue weighted by Gasteiger charge is 2.30. The summed E-state index contributed by atoms with van der Waals surface area (Å²) in [4.78, 5) is 2.62. The predicted molar refractivity (Wildman–Crippen MR) is 53.7 cm³/mol. The van der Waals surface area contributed by atoms with E-state index < -0.39 is 0 Å². The lowest BCUT2D eigenvalue weighted by Crippen LogP contribution is -2.43. The Morgan fingerprint density at radius 2 is 2.08 bits per heavy atom. The normalized spacial score (nSPS) is 36.5. The van der Waals surface area contributed by atoms with E-state index >= 15 is 0 Å². The minimum Gasteiger partial charge on any atom is -0.381 e. The lowest BCUT2D eigenvalue weighted by Gasteiger charge is -2.36. The summed E-state index contributed by atoms with van der Waals surface area (Å²) in [6.45, 7) is 6.16. The highest BCUT2D eigenvalue weighted by molar-refractivity contribution is 4.83. The number of rotatable bonds is 3. The van der Waals surface area contributed by atoms with Gasteiger partial charge in [-0.05, 0) is 31.1 Å². The van der Waals surface area contributed by atoms with Gasteiger partial charge in [0.1, 0.15) is 0 Å². The zero-order valence-corrected chi connectivity index (χ0v) is 8.83. The third-order valence-corrected chi connectivity index (χ3v) is 3.43. The molecule has 0 radical (unpaired) electrons. The Morgan fingerprint density at radius 3 is 2.62 bits per heavy atom. The van der Waals surface area contributed by atoms with Crippen LogP contribution in [0, 0.1) is 11.8 Å². The molecule has 1 aliphatic heterocycles. The van der Waals surface area contributed by atoms with Gasteiger partial charge in [0.2, 0.25) is 0 Å². The molecule has 1 heterocycles. The van der Waals surface area contributed by atoms with Crippen molar-refractivity contribution < 1.29 is 4.74 Å². The van der Waals surface area contributed by atoms with Crippen LogP contribution in [0.4, 0.5) is 0 Å². The van der Waals surface area contributed by atoms with Gasteiger partial charge in [0.25, 0.3) is 0 Å². The maximum atomic E-state index is 5.45. The zero-order chi connectivity index (χ0) is 9.26. The SMILES string of the molecule is CO[C@H]1CCN(CC2CC2)C[C@@H]1C. The average Bonchev–Trinajstić information content (AvgIpc) is 2.89. The second-order valence-corrected chi connectivity index (χ2v) is 4.74. The fourth-order valence-corrected chi connectivity index (χ4v) is 2.39. The first-order valence-corrected chi connectivity index (χ1v) is 5.54. The van der Waals surface area contributed by atoms with Crippen molar-refractivity contribution in [3.8, 4) is 0 Å². The van der Waals surface area contributed by atoms with E-state index in [-0.39, 0.29) is 0 Å². The van der Waals surface area contributed by atoms with Crippen LogP contribution in [-0.2, 0) is 4.74 Å². The summed E-state index contributed by atoms with van der Waals surface area (Å²) in [5, 5.41) is 0. The quantitative estimate of drug-likeness (QED) is 0.661. The van der Waals surface area contributed by atoms with Gasteiger partial charge in [-0.3, -0.25) is 0 Å². The molecule has 0 bridgehead atoms. The summed E-state index contributed by atoms with van der Waals surface area (Å²) in [7, 11) is 1.84. The fourth-order valence-electron chi connectivity index (χ4n) is 2.39. The lowest BCUT2D eigenvalue weighted by molar-refractivity contribution is -0.000549. The van der Waals surface area contributed by atoms with Crippen molar-refractivity contribution in [3.05, 3.63) is 0 Å². The van der Waals surface area contributed by atoms with Crippen LogP contribution in [0.25, 0.3) is 0 Å². The second kappa shape index (κ2) is 3.97. The highest BCUT2D eigenvalue weighted by atomic mass is 16.5. The van der Waals surface area contributed by atoms with E-state index in [1.165, 1.54) is 38.9 Å². The molecule has 0 aromatic rings. The molecule has 76 valence electrons. The lowest BCUT2D eigenvalue weighted by atomic mass is 9.96. The highest BCUT2D eigenvalue weighted by Crippen LogP contribution is 2.31. The van der Waals surface area contributed by atoms with Gasteiger partial charge in [-0.15, -0.1) is 0 Å². The third kappa shape index (κ3) is 2.44. The molecule has 0 N–H and O–H groups in total. The van der Waals surface area contributed by atoms with Crippen LogP contribution in [0.3, 0.4) is 0 Å². The van der Waals surface area contributed by atoms with E-state index in [1.807, 2.05) is 7.11 Å². The Bertz CT molecular complexity index is 167. The molecule has 2 heteroatoms. The van der Waals surface area contributed by atoms with Crippen molar-refractivity contribution >= 4 is 0 Å². The van der Waals surface area contributed by atoms with Crippen LogP contribution in [-0.4, -0.2) is 37.7 Å². The molecule has 0 unspecified atom stereocenters. The summed E-state index contributed by atoms with van der Waals surface area (Å²) < 4.78 is 5.45. The number of hydrogen-bond acceptors (Lipinski definition) is 2. The Labute approximate surface area is 81.3 Å². The maximum absolute atomic E-state index is 5.45. The average molecular weight is 183 g/mol. The standard InChI is InChI=1S/C11H21NO/c1-9-7-12(8-10-3-4-10)6-5-11(9)13-2/h9-11H,3-8H2,1-2H3/t9-,11-/m0/s1. The first-order chi connectivity index (χ1) is 6.29. The molecule has 13 heavy (non-hydrogen) atoms. The molecule has 2 rings (SSSR count). The second-order valence-electron chi connectivity index (χ2n) is 4.74. The van der Waals surface area contributed by atoms with Gasteiger partial charge in [-0.25, -0.2) is 0 Å². The molecule has 1 saturated carbocycles. The topological polar surface area (TPSA) is 12.5 Å². The summed E-state index contributed by atoms with van der Waals surface area (Å²) >= 11 is 0. The molecule has 0 aromatic carbocycles. The molecule has 2 fully saturated rings. The van der Waals surface area contributed by atoms with Crippen molar-refractivity contribution in [3.63, 3.8) is 0 Å². The summed E-state index contributed by atoms with van der Waals surface area (Å²) in [6, 6.07) is 0. The van der Waals surface area contributed by atoms with Crippen molar-refractivity contribution in [1.29, 1.82) is 0 Å². The molecule has 2 nitrogen and oxygen atoms in total. The number of methoxy groups -OCH3 is 1. The predicted octanol–water partition coefficient (Wildman–Crippen LogP) is 1.75. The van der Waals surface area contributed by atoms with E-state index in [0.717, 1.165) is 11.8 Å². The van der Waals surface area contributed by atoms with Gasteiger partial charge < -0.3 is 9.64 Å². The van der Waals surface area contributed by atoms with Crippen molar-refractivity contribution in [2.75, 3.05) is 26.7 Å². The largest absolute Gasteiger partial charge is 0.381 e. The van der Waals surface area contributed by atoms with Gasteiger partial charge in [-0.1, -0.05) is 6.92 Å². The van der Waals surface area contributed by atoms with Crippen molar-refractivity contribution in [2.24, 2.45) is 11.8 Å². The molecular formula is C11H21NO. The zero-order valence-electron chi connectivity index (χ0n) is 8.83. The van der Waals surface area contributed by atoms with E-state index in [9.17, 15) is 0 Å². The minimum absolute atomic E-state index is 0.510. The molecule has 1 aliphatic carbocycles. The molecule has 2 aliphatic rings. The van der Waals surface area contributed by atoms with Crippen LogP contribution in [0.1, 0.15) is 26.2 Å². The number of nitrogens with zero attached hydrogens (tertiary/aromatic N) is 1. The van der Waals surface area contributed by atoms with E-state index in [0.29, 0.717) is 6.10 Å². The van der Waals surface area contributed by atoms with Crippen LogP contribution in [0.2, 0.25) is 0 Å². The molecule has 1 saturated heterocycles. The van der Waals surface area contributed by atoms with Crippen LogP contribution in [0.15, 0.2) is 0 Å². The third-order valence-electron chi connectivity index (χ3n) is 3.43. The Hall–Kier alpha value is -0.0800. The molecule has 0 amide bonds. The van der Waals surface area contributed by atoms with Crippen LogP contribution >= 0.6 is 0 Å². The monoisotopic (exact) mass is 183 g/mol. The summed E-state index contributed by atoms with van der Waals surface area (Å²) in [5.41, 5.74) is 0. The Balaban J connectivity index is 1.76. The maximum Gasteiger partial charge on any atom is 0.0621 e. The minimum atomic E-state index is 0.510. The number of piperidine rings is 1. The first kappa shape index (κ1) is 9.47. The molecular weight excluding hydrogens is 162 g/mol. The van der Waals surface area contributed by atoms with Gasteiger partial charge in [0.15, 0.2) is 0 Å². The van der Waals surface area contributed by atoms with E-state index in [2.05, 4.69) is 11.8 Å². The van der Waals surface area contributed by atoms with Crippen molar-refractivity contribution in [2.45, 2.75) is 32.3 Å². The smallest absolute Gasteiger partial charge is 0.0621 e. The number of likely N-dealkylation sites (tertiary alicyclic amines) is 1. The van der Waals surface area contributed by atoms with Gasteiger partial charge in [-0.2, -0.15) is 0 Å². The molecule has 2 atom stereocenters. The molecule has 0 spiro atoms. The number of hydrogen-bond donors (Lipinski definition) is 0. The Morgan fingerprint density at radius 1 is 1.31 bits per heavy atom. The summed E-state index contributed by atoms with van der Waals surface area (Å²) in [6.07, 6.45) is 4.68. The van der Waals surface area contributed by atoms with Crippen LogP contribution in [0.5, 0.6) is 0 Å². The van der Waals surface area contributed by atoms with Gasteiger partial charge in [0.05, 0.1) is 6.10 Å². The molecule has 0 aromatic heterocycles. The number of ether oxygens (including phenoxy) is 1. The van der Waals surface area contributed by atoms with E-state index in [4.69, 9.17) is 4.74 Å². The fraction of sp³-hybridized carbons (Fsp3) is 1.00. The summed E-state index contributed by atoms with van der Waals surface area (Å²) in [5.74, 6) is 1.75. The van der Waals surface area contributed by atoms with Crippen LogP contribution < -0.4 is 0 Å². The van der Waals surface area contributed by atoms with Gasteiger partial charge in [0, 0.05) is 26.7 Å². The first-order valence-electron chi connectivity index (χ1n) is 5.54. The van der Waals surface area contributed by atoms with Gasteiger partial charge >= 0.3 is 0 Å².